The fraction of sp³-hybridized carbons (Fsp3) is 0.500. The molecule has 2 N–H and O–H groups in total. The number of nitrogens with one attached hydrogen (secondary N) is 2. The fourth-order valence-corrected chi connectivity index (χ4v) is 3.06. The molecule has 2 aliphatic rings. The molecule has 1 aromatic carbocycles. The van der Waals surface area contributed by atoms with E-state index in [1.807, 2.05) is 6.92 Å². The lowest BCUT2D eigenvalue weighted by Gasteiger charge is -2.16. The highest BCUT2D eigenvalue weighted by atomic mass is 19.1. The lowest BCUT2D eigenvalue weighted by Crippen LogP contribution is -2.38. The zero-order chi connectivity index (χ0) is 18.0. The van der Waals surface area contributed by atoms with E-state index in [0.29, 0.717) is 19.0 Å². The highest BCUT2D eigenvalue weighted by Crippen LogP contribution is 2.38. The monoisotopic (exact) mass is 347 g/mol. The van der Waals surface area contributed by atoms with E-state index in [2.05, 4.69) is 10.6 Å². The number of anilines is 1. The lowest BCUT2D eigenvalue weighted by atomic mass is 10.1. The molecule has 6 nitrogen and oxygen atoms in total. The van der Waals surface area contributed by atoms with Gasteiger partial charge in [0, 0.05) is 19.0 Å². The number of benzene rings is 1. The SMILES string of the molecule is C[C@@H]1C[C@H]1C(=O)Nc1ccc(F)cc1C(=O)NCC(=O)N1CCCC1. The number of carbonyl (C=O) groups excluding carboxylic acids is 3. The number of likely N-dealkylation sites (tertiary alicyclic amines) is 1. The van der Waals surface area contributed by atoms with Crippen LogP contribution in [0.25, 0.3) is 0 Å². The smallest absolute Gasteiger partial charge is 0.253 e. The minimum absolute atomic E-state index is 0.0240. The summed E-state index contributed by atoms with van der Waals surface area (Å²) in [7, 11) is 0. The van der Waals surface area contributed by atoms with Gasteiger partial charge in [0.05, 0.1) is 17.8 Å². The third-order valence-electron chi connectivity index (χ3n) is 4.79. The summed E-state index contributed by atoms with van der Waals surface area (Å²) in [6, 6.07) is 3.64. The maximum atomic E-state index is 13.6. The normalized spacial score (nSPS) is 21.8. The molecule has 134 valence electrons. The first-order chi connectivity index (χ1) is 12.0. The molecule has 25 heavy (non-hydrogen) atoms. The number of halogens is 1. The lowest BCUT2D eigenvalue weighted by molar-refractivity contribution is -0.129. The van der Waals surface area contributed by atoms with Crippen molar-refractivity contribution in [3.63, 3.8) is 0 Å². The summed E-state index contributed by atoms with van der Waals surface area (Å²) >= 11 is 0. The first kappa shape index (κ1) is 17.4. The Bertz CT molecular complexity index is 701. The van der Waals surface area contributed by atoms with Crippen molar-refractivity contribution < 1.29 is 18.8 Å². The van der Waals surface area contributed by atoms with Gasteiger partial charge >= 0.3 is 0 Å². The molecule has 2 atom stereocenters. The molecule has 1 aliphatic carbocycles. The Labute approximate surface area is 145 Å². The van der Waals surface area contributed by atoms with Gasteiger partial charge in [0.2, 0.25) is 11.8 Å². The van der Waals surface area contributed by atoms with Crippen molar-refractivity contribution in [2.24, 2.45) is 11.8 Å². The van der Waals surface area contributed by atoms with E-state index in [1.54, 1.807) is 4.90 Å². The molecule has 7 heteroatoms. The van der Waals surface area contributed by atoms with Crippen LogP contribution in [0, 0.1) is 17.7 Å². The summed E-state index contributed by atoms with van der Waals surface area (Å²) in [6.45, 7) is 3.25. The molecule has 2 fully saturated rings. The van der Waals surface area contributed by atoms with E-state index in [-0.39, 0.29) is 35.5 Å². The van der Waals surface area contributed by atoms with Gasteiger partial charge in [-0.05, 0) is 43.4 Å². The molecule has 1 heterocycles. The number of hydrogen-bond acceptors (Lipinski definition) is 3. The van der Waals surface area contributed by atoms with Crippen LogP contribution in [0.3, 0.4) is 0 Å². The quantitative estimate of drug-likeness (QED) is 0.852. The Morgan fingerprint density at radius 3 is 2.56 bits per heavy atom. The van der Waals surface area contributed by atoms with E-state index >= 15 is 0 Å². The summed E-state index contributed by atoms with van der Waals surface area (Å²) in [5, 5.41) is 5.21. The summed E-state index contributed by atoms with van der Waals surface area (Å²) in [5.41, 5.74) is 0.285. The number of nitrogens with zero attached hydrogens (tertiary/aromatic N) is 1. The zero-order valence-electron chi connectivity index (χ0n) is 14.2. The van der Waals surface area contributed by atoms with Gasteiger partial charge in [0.15, 0.2) is 0 Å². The number of amides is 3. The summed E-state index contributed by atoms with van der Waals surface area (Å²) in [5.74, 6) is -1.20. The second kappa shape index (κ2) is 7.21. The Hall–Kier alpha value is -2.44. The predicted molar refractivity (Wildman–Crippen MR) is 90.4 cm³/mol. The minimum atomic E-state index is -0.578. The van der Waals surface area contributed by atoms with Gasteiger partial charge in [0.1, 0.15) is 5.82 Å². The standard InChI is InChI=1S/C18H22FN3O3/c1-11-8-13(11)18(25)21-15-5-4-12(19)9-14(15)17(24)20-10-16(23)22-6-2-3-7-22/h4-5,9,11,13H,2-3,6-8,10H2,1H3,(H,20,24)(H,21,25)/t11-,13-/m1/s1. The van der Waals surface area contributed by atoms with Crippen molar-refractivity contribution in [2.45, 2.75) is 26.2 Å². The van der Waals surface area contributed by atoms with Crippen molar-refractivity contribution >= 4 is 23.4 Å². The zero-order valence-corrected chi connectivity index (χ0v) is 14.2. The molecule has 1 saturated carbocycles. The Morgan fingerprint density at radius 2 is 1.92 bits per heavy atom. The molecule has 1 aliphatic heterocycles. The minimum Gasteiger partial charge on any atom is -0.343 e. The van der Waals surface area contributed by atoms with E-state index < -0.39 is 11.7 Å². The van der Waals surface area contributed by atoms with Crippen LogP contribution in [0.4, 0.5) is 10.1 Å². The summed E-state index contributed by atoms with van der Waals surface area (Å²) in [4.78, 5) is 38.2. The molecule has 3 rings (SSSR count). The van der Waals surface area contributed by atoms with Crippen molar-refractivity contribution in [2.75, 3.05) is 25.0 Å². The van der Waals surface area contributed by atoms with Crippen LogP contribution in [0.5, 0.6) is 0 Å². The van der Waals surface area contributed by atoms with Crippen LogP contribution in [0.1, 0.15) is 36.5 Å². The van der Waals surface area contributed by atoms with Crippen molar-refractivity contribution in [3.8, 4) is 0 Å². The van der Waals surface area contributed by atoms with Gasteiger partial charge in [-0.2, -0.15) is 0 Å². The average molecular weight is 347 g/mol. The van der Waals surface area contributed by atoms with Crippen LogP contribution < -0.4 is 10.6 Å². The largest absolute Gasteiger partial charge is 0.343 e. The van der Waals surface area contributed by atoms with Gasteiger partial charge in [-0.1, -0.05) is 6.92 Å². The number of rotatable bonds is 5. The average Bonchev–Trinajstić information content (AvgIpc) is 3.09. The molecule has 1 saturated heterocycles. The van der Waals surface area contributed by atoms with Crippen molar-refractivity contribution in [3.05, 3.63) is 29.6 Å². The number of hydrogen-bond donors (Lipinski definition) is 2. The number of carbonyl (C=O) groups is 3. The van der Waals surface area contributed by atoms with Gasteiger partial charge in [-0.15, -0.1) is 0 Å². The molecular formula is C18H22FN3O3. The van der Waals surface area contributed by atoms with E-state index in [4.69, 9.17) is 0 Å². The molecule has 3 amide bonds. The van der Waals surface area contributed by atoms with Crippen molar-refractivity contribution in [1.82, 2.24) is 10.2 Å². The van der Waals surface area contributed by atoms with Crippen LogP contribution in [0.15, 0.2) is 18.2 Å². The van der Waals surface area contributed by atoms with Gasteiger partial charge in [-0.3, -0.25) is 14.4 Å². The summed E-state index contributed by atoms with van der Waals surface area (Å²) in [6.07, 6.45) is 2.76. The molecule has 0 unspecified atom stereocenters. The van der Waals surface area contributed by atoms with E-state index in [0.717, 1.165) is 25.3 Å². The maximum absolute atomic E-state index is 13.6. The predicted octanol–water partition coefficient (Wildman–Crippen LogP) is 1.77. The van der Waals surface area contributed by atoms with Crippen LogP contribution >= 0.6 is 0 Å². The highest BCUT2D eigenvalue weighted by molar-refractivity contribution is 6.05. The van der Waals surface area contributed by atoms with Gasteiger partial charge < -0.3 is 15.5 Å². The Kier molecular flexibility index (Phi) is 5.01. The Balaban J connectivity index is 1.65. The van der Waals surface area contributed by atoms with E-state index in [1.165, 1.54) is 12.1 Å². The van der Waals surface area contributed by atoms with Crippen LogP contribution in [0.2, 0.25) is 0 Å². The third-order valence-corrected chi connectivity index (χ3v) is 4.79. The second-order valence-electron chi connectivity index (χ2n) is 6.77. The third kappa shape index (κ3) is 4.15. The van der Waals surface area contributed by atoms with Crippen molar-refractivity contribution in [1.29, 1.82) is 0 Å². The molecule has 0 spiro atoms. The summed E-state index contributed by atoms with van der Waals surface area (Å²) < 4.78 is 13.6. The maximum Gasteiger partial charge on any atom is 0.253 e. The molecule has 1 aromatic rings. The van der Waals surface area contributed by atoms with Crippen LogP contribution in [-0.2, 0) is 9.59 Å². The molecule has 0 bridgehead atoms. The van der Waals surface area contributed by atoms with Gasteiger partial charge in [0.25, 0.3) is 5.91 Å². The Morgan fingerprint density at radius 1 is 1.24 bits per heavy atom. The first-order valence-electron chi connectivity index (χ1n) is 8.62. The van der Waals surface area contributed by atoms with Gasteiger partial charge in [-0.25, -0.2) is 4.39 Å². The fourth-order valence-electron chi connectivity index (χ4n) is 3.06. The molecule has 0 aromatic heterocycles. The first-order valence-corrected chi connectivity index (χ1v) is 8.62. The second-order valence-corrected chi connectivity index (χ2v) is 6.77. The molecular weight excluding hydrogens is 325 g/mol. The topological polar surface area (TPSA) is 78.5 Å². The molecule has 0 radical (unpaired) electrons. The highest BCUT2D eigenvalue weighted by Gasteiger charge is 2.39. The van der Waals surface area contributed by atoms with Crippen LogP contribution in [-0.4, -0.2) is 42.3 Å². The van der Waals surface area contributed by atoms with E-state index in [9.17, 15) is 18.8 Å².